The number of aliphatic carboxylic acids is 1. The van der Waals surface area contributed by atoms with E-state index in [9.17, 15) is 14.4 Å². The van der Waals surface area contributed by atoms with Crippen molar-refractivity contribution in [2.75, 3.05) is 6.61 Å². The molecular formula is C12H18O13. The lowest BCUT2D eigenvalue weighted by Gasteiger charge is -2.21. The third-order valence-electron chi connectivity index (χ3n) is 2.89. The second kappa shape index (κ2) is 9.87. The zero-order valence-electron chi connectivity index (χ0n) is 12.4. The maximum absolute atomic E-state index is 10.5. The first-order chi connectivity index (χ1) is 11.5. The van der Waals surface area contributed by atoms with Gasteiger partial charge < -0.3 is 55.5 Å². The maximum atomic E-state index is 10.5. The molecule has 0 bridgehead atoms. The van der Waals surface area contributed by atoms with Crippen LogP contribution in [0.25, 0.3) is 0 Å². The molecule has 0 spiro atoms. The highest BCUT2D eigenvalue weighted by Gasteiger charge is 2.38. The van der Waals surface area contributed by atoms with Crippen molar-refractivity contribution in [3.05, 3.63) is 11.5 Å². The predicted molar refractivity (Wildman–Crippen MR) is 73.0 cm³/mol. The zero-order valence-corrected chi connectivity index (χ0v) is 12.4. The highest BCUT2D eigenvalue weighted by atomic mass is 16.6. The Balaban J connectivity index is 0.000000462. The van der Waals surface area contributed by atoms with Gasteiger partial charge in [0.05, 0.1) is 6.61 Å². The zero-order chi connectivity index (χ0) is 19.9. The third-order valence-corrected chi connectivity index (χ3v) is 2.89. The Kier molecular flexibility index (Phi) is 8.97. The van der Waals surface area contributed by atoms with Gasteiger partial charge in [0.2, 0.25) is 5.76 Å². The summed E-state index contributed by atoms with van der Waals surface area (Å²) < 4.78 is 4.32. The molecule has 144 valence electrons. The molecule has 0 saturated heterocycles. The first-order valence-electron chi connectivity index (χ1n) is 6.51. The summed E-state index contributed by atoms with van der Waals surface area (Å²) in [6, 6.07) is 0. The van der Waals surface area contributed by atoms with E-state index >= 15 is 0 Å². The lowest BCUT2D eigenvalue weighted by Crippen LogP contribution is -2.48. The number of aliphatic hydroxyl groups is 8. The molecule has 5 unspecified atom stereocenters. The van der Waals surface area contributed by atoms with Crippen molar-refractivity contribution < 1.29 is 65.1 Å². The molecule has 0 amide bonds. The predicted octanol–water partition coefficient (Wildman–Crippen LogP) is -4.69. The third kappa shape index (κ3) is 5.93. The van der Waals surface area contributed by atoms with E-state index in [2.05, 4.69) is 4.74 Å². The van der Waals surface area contributed by atoms with E-state index in [1.165, 1.54) is 0 Å². The van der Waals surface area contributed by atoms with Gasteiger partial charge in [0.15, 0.2) is 24.3 Å². The number of cyclic esters (lactones) is 1. The smallest absolute Gasteiger partial charge is 0.377 e. The molecule has 0 aromatic carbocycles. The number of aldehydes is 1. The fourth-order valence-electron chi connectivity index (χ4n) is 1.44. The van der Waals surface area contributed by atoms with Crippen molar-refractivity contribution >= 4 is 18.2 Å². The summed E-state index contributed by atoms with van der Waals surface area (Å²) in [6.45, 7) is -0.671. The van der Waals surface area contributed by atoms with Gasteiger partial charge in [0.25, 0.3) is 0 Å². The molecular weight excluding hydrogens is 352 g/mol. The molecule has 0 aromatic heterocycles. The number of ether oxygens (including phenoxy) is 1. The summed E-state index contributed by atoms with van der Waals surface area (Å²) in [5.41, 5.74) is 0. The monoisotopic (exact) mass is 370 g/mol. The summed E-state index contributed by atoms with van der Waals surface area (Å²) in [4.78, 5) is 30.5. The first kappa shape index (κ1) is 22.7. The highest BCUT2D eigenvalue weighted by Crippen LogP contribution is 2.20. The van der Waals surface area contributed by atoms with Crippen molar-refractivity contribution in [3.63, 3.8) is 0 Å². The normalized spacial score (nSPS) is 22.8. The summed E-state index contributed by atoms with van der Waals surface area (Å²) in [5.74, 6) is -4.54. The molecule has 13 heteroatoms. The van der Waals surface area contributed by atoms with Gasteiger partial charge in [0.1, 0.15) is 24.4 Å². The fourth-order valence-corrected chi connectivity index (χ4v) is 1.44. The Labute approximate surface area is 139 Å². The van der Waals surface area contributed by atoms with Crippen molar-refractivity contribution in [1.29, 1.82) is 0 Å². The first-order valence-corrected chi connectivity index (χ1v) is 6.51. The Morgan fingerprint density at radius 2 is 1.64 bits per heavy atom. The molecule has 1 heterocycles. The number of hydrogen-bond donors (Lipinski definition) is 9. The van der Waals surface area contributed by atoms with Crippen LogP contribution in [0, 0.1) is 0 Å². The van der Waals surface area contributed by atoms with E-state index in [1.807, 2.05) is 0 Å². The number of carboxylic acids is 1. The molecule has 9 N–H and O–H groups in total. The standard InChI is InChI=1S/C6H10O7.C6H8O6/c7-1-2(8)3(9)4(10)5(11)6(12)13;7-1-2(8)5-3(9)4(10)6(11)12-5/h1-5,8-11H,(H,12,13);2,5,7-10H,1H2/t;2?,5-/m.1/s1. The average Bonchev–Trinajstić information content (AvgIpc) is 2.86. The number of carbonyl (C=O) groups is 3. The van der Waals surface area contributed by atoms with Gasteiger partial charge in [-0.3, -0.25) is 0 Å². The molecule has 1 aliphatic heterocycles. The van der Waals surface area contributed by atoms with Gasteiger partial charge in [-0.1, -0.05) is 0 Å². The number of carboxylic acid groups (broad SMARTS) is 1. The Hall–Kier alpha value is -2.29. The van der Waals surface area contributed by atoms with Crippen molar-refractivity contribution in [2.45, 2.75) is 36.6 Å². The highest BCUT2D eigenvalue weighted by molar-refractivity contribution is 5.89. The van der Waals surface area contributed by atoms with Crippen LogP contribution in [0.5, 0.6) is 0 Å². The molecule has 1 aliphatic rings. The van der Waals surface area contributed by atoms with E-state index in [0.29, 0.717) is 0 Å². The second-order valence-electron chi connectivity index (χ2n) is 4.70. The number of aliphatic hydroxyl groups excluding tert-OH is 8. The molecule has 13 nitrogen and oxygen atoms in total. The fraction of sp³-hybridized carbons (Fsp3) is 0.583. The van der Waals surface area contributed by atoms with Crippen molar-refractivity contribution in [2.24, 2.45) is 0 Å². The lowest BCUT2D eigenvalue weighted by molar-refractivity contribution is -0.163. The Morgan fingerprint density at radius 3 is 1.96 bits per heavy atom. The van der Waals surface area contributed by atoms with E-state index in [4.69, 9.17) is 46.0 Å². The summed E-state index contributed by atoms with van der Waals surface area (Å²) in [6.07, 6.45) is -11.2. The summed E-state index contributed by atoms with van der Waals surface area (Å²) in [7, 11) is 0. The van der Waals surface area contributed by atoms with E-state index in [-0.39, 0.29) is 6.29 Å². The van der Waals surface area contributed by atoms with Crippen LogP contribution in [-0.2, 0) is 19.1 Å². The van der Waals surface area contributed by atoms with E-state index < -0.39 is 66.7 Å². The number of carbonyl (C=O) groups excluding carboxylic acids is 2. The second-order valence-corrected chi connectivity index (χ2v) is 4.70. The van der Waals surface area contributed by atoms with Gasteiger partial charge in [-0.15, -0.1) is 0 Å². The van der Waals surface area contributed by atoms with Gasteiger partial charge in [-0.25, -0.2) is 9.59 Å². The van der Waals surface area contributed by atoms with Crippen molar-refractivity contribution in [1.82, 2.24) is 0 Å². The largest absolute Gasteiger partial charge is 0.505 e. The minimum absolute atomic E-state index is 0.0809. The molecule has 6 atom stereocenters. The summed E-state index contributed by atoms with van der Waals surface area (Å²) >= 11 is 0. The molecule has 1 rings (SSSR count). The molecule has 0 saturated carbocycles. The van der Waals surface area contributed by atoms with Crippen LogP contribution in [0.15, 0.2) is 11.5 Å². The van der Waals surface area contributed by atoms with Gasteiger partial charge in [0, 0.05) is 0 Å². The lowest BCUT2D eigenvalue weighted by atomic mass is 10.0. The van der Waals surface area contributed by atoms with Crippen LogP contribution in [0.3, 0.4) is 0 Å². The van der Waals surface area contributed by atoms with Crippen molar-refractivity contribution in [3.8, 4) is 0 Å². The Morgan fingerprint density at radius 1 is 1.12 bits per heavy atom. The minimum atomic E-state index is -2.25. The Bertz CT molecular complexity index is 515. The molecule has 0 aliphatic carbocycles. The van der Waals surface area contributed by atoms with Gasteiger partial charge in [-0.05, 0) is 0 Å². The van der Waals surface area contributed by atoms with Crippen LogP contribution in [0.2, 0.25) is 0 Å². The molecule has 25 heavy (non-hydrogen) atoms. The number of hydrogen-bond acceptors (Lipinski definition) is 12. The van der Waals surface area contributed by atoms with Gasteiger partial charge in [-0.2, -0.15) is 0 Å². The van der Waals surface area contributed by atoms with Gasteiger partial charge >= 0.3 is 11.9 Å². The maximum Gasteiger partial charge on any atom is 0.377 e. The SMILES string of the molecule is O=C1O[C@H](C(O)CO)C(O)=C1O.O=CC(O)C(O)C(O)C(O)C(=O)O. The molecule has 0 fully saturated rings. The summed E-state index contributed by atoms with van der Waals surface area (Å²) in [5, 5.41) is 78.2. The van der Waals surface area contributed by atoms with Crippen LogP contribution in [0.1, 0.15) is 0 Å². The quantitative estimate of drug-likeness (QED) is 0.151. The average molecular weight is 370 g/mol. The topological polar surface area (TPSA) is 243 Å². The van der Waals surface area contributed by atoms with E-state index in [0.717, 1.165) is 0 Å². The molecule has 0 radical (unpaired) electrons. The van der Waals surface area contributed by atoms with Crippen LogP contribution < -0.4 is 0 Å². The van der Waals surface area contributed by atoms with E-state index in [1.54, 1.807) is 0 Å². The minimum Gasteiger partial charge on any atom is -0.505 e. The number of rotatable bonds is 7. The molecule has 0 aromatic rings. The number of esters is 1. The van der Waals surface area contributed by atoms with Crippen LogP contribution >= 0.6 is 0 Å². The van der Waals surface area contributed by atoms with Crippen LogP contribution in [-0.4, -0.2) is 107 Å². The van der Waals surface area contributed by atoms with Crippen LogP contribution in [0.4, 0.5) is 0 Å².